The predicted molar refractivity (Wildman–Crippen MR) is 48.1 cm³/mol. The highest BCUT2D eigenvalue weighted by atomic mass is 35.5. The van der Waals surface area contributed by atoms with E-state index >= 15 is 0 Å². The monoisotopic (exact) mass is 187 g/mol. The van der Waals surface area contributed by atoms with E-state index in [1.165, 1.54) is 25.7 Å². The Morgan fingerprint density at radius 3 is 2.25 bits per heavy atom. The molecular weight excluding hydrogens is 170 g/mol. The van der Waals surface area contributed by atoms with Gasteiger partial charge in [-0.2, -0.15) is 0 Å². The molecule has 0 aliphatic heterocycles. The number of rotatable bonds is 2. The fourth-order valence-corrected chi connectivity index (χ4v) is 1.97. The molecular formula is C10H18ClN. The van der Waals surface area contributed by atoms with Gasteiger partial charge in [-0.1, -0.05) is 0 Å². The Bertz CT molecular complexity index is 163. The molecule has 0 aromatic carbocycles. The maximum Gasteiger partial charge on any atom is 0.140 e. The minimum absolute atomic E-state index is 0. The lowest BCUT2D eigenvalue weighted by Gasteiger charge is -2.34. The lowest BCUT2D eigenvalue weighted by Crippen LogP contribution is -3.00. The third kappa shape index (κ3) is 2.69. The third-order valence-corrected chi connectivity index (χ3v) is 2.81. The van der Waals surface area contributed by atoms with Gasteiger partial charge in [0.1, 0.15) is 6.54 Å². The molecule has 0 saturated heterocycles. The quantitative estimate of drug-likeness (QED) is 0.370. The van der Waals surface area contributed by atoms with E-state index in [1.54, 1.807) is 0 Å². The summed E-state index contributed by atoms with van der Waals surface area (Å²) in [7, 11) is 4.49. The normalized spacial score (nSPS) is 18.4. The molecule has 2 heteroatoms. The Morgan fingerprint density at radius 2 is 1.83 bits per heavy atom. The number of terminal acetylenes is 1. The van der Waals surface area contributed by atoms with Gasteiger partial charge in [0, 0.05) is 0 Å². The third-order valence-electron chi connectivity index (χ3n) is 2.81. The van der Waals surface area contributed by atoms with Gasteiger partial charge in [0.05, 0.1) is 20.1 Å². The van der Waals surface area contributed by atoms with Gasteiger partial charge in [0.2, 0.25) is 0 Å². The molecule has 0 spiro atoms. The fourth-order valence-electron chi connectivity index (χ4n) is 1.97. The number of hydrogen-bond donors (Lipinski definition) is 0. The molecule has 0 amide bonds. The van der Waals surface area contributed by atoms with Crippen LogP contribution in [0.1, 0.15) is 25.7 Å². The summed E-state index contributed by atoms with van der Waals surface area (Å²) in [4.78, 5) is 0. The number of nitrogens with zero attached hydrogens (tertiary/aromatic N) is 1. The SMILES string of the molecule is C#CC[N+](C)(C)C1CCCC1.[Cl-]. The minimum atomic E-state index is 0. The molecule has 0 radical (unpaired) electrons. The van der Waals surface area contributed by atoms with Crippen LogP contribution in [0, 0.1) is 12.3 Å². The van der Waals surface area contributed by atoms with Gasteiger partial charge in [-0.05, 0) is 31.6 Å². The van der Waals surface area contributed by atoms with Crippen molar-refractivity contribution < 1.29 is 16.9 Å². The van der Waals surface area contributed by atoms with Gasteiger partial charge in [0.25, 0.3) is 0 Å². The highest BCUT2D eigenvalue weighted by Crippen LogP contribution is 2.25. The average Bonchev–Trinajstić information content (AvgIpc) is 2.37. The van der Waals surface area contributed by atoms with E-state index in [-0.39, 0.29) is 12.4 Å². The molecule has 1 aliphatic rings. The summed E-state index contributed by atoms with van der Waals surface area (Å²) in [6.07, 6.45) is 10.9. The van der Waals surface area contributed by atoms with Crippen LogP contribution in [-0.4, -0.2) is 31.2 Å². The van der Waals surface area contributed by atoms with Crippen molar-refractivity contribution in [2.75, 3.05) is 20.6 Å². The van der Waals surface area contributed by atoms with Crippen molar-refractivity contribution in [3.8, 4) is 12.3 Å². The molecule has 0 aromatic heterocycles. The molecule has 1 aliphatic carbocycles. The second-order valence-corrected chi connectivity index (χ2v) is 4.08. The lowest BCUT2D eigenvalue weighted by atomic mass is 10.2. The molecule has 1 nitrogen and oxygen atoms in total. The molecule has 1 saturated carbocycles. The smallest absolute Gasteiger partial charge is 0.140 e. The Balaban J connectivity index is 0.00000121. The summed E-state index contributed by atoms with van der Waals surface area (Å²) in [5, 5.41) is 0. The van der Waals surface area contributed by atoms with Crippen LogP contribution in [0.2, 0.25) is 0 Å². The van der Waals surface area contributed by atoms with Gasteiger partial charge in [-0.3, -0.25) is 0 Å². The minimum Gasteiger partial charge on any atom is -1.00 e. The van der Waals surface area contributed by atoms with Gasteiger partial charge in [-0.15, -0.1) is 6.42 Å². The highest BCUT2D eigenvalue weighted by Gasteiger charge is 2.29. The molecule has 0 N–H and O–H groups in total. The first-order valence-electron chi connectivity index (χ1n) is 4.43. The fraction of sp³-hybridized carbons (Fsp3) is 0.800. The van der Waals surface area contributed by atoms with Crippen LogP contribution in [-0.2, 0) is 0 Å². The first kappa shape index (κ1) is 11.8. The first-order chi connectivity index (χ1) is 5.17. The Hall–Kier alpha value is -0.190. The van der Waals surface area contributed by atoms with E-state index < -0.39 is 0 Å². The maximum absolute atomic E-state index is 5.32. The summed E-state index contributed by atoms with van der Waals surface area (Å²) in [5.74, 6) is 2.76. The van der Waals surface area contributed by atoms with E-state index in [2.05, 4.69) is 20.0 Å². The summed E-state index contributed by atoms with van der Waals surface area (Å²) >= 11 is 0. The van der Waals surface area contributed by atoms with Crippen LogP contribution in [0.25, 0.3) is 0 Å². The Kier molecular flexibility index (Phi) is 4.67. The summed E-state index contributed by atoms with van der Waals surface area (Å²) in [6, 6.07) is 0.825. The Morgan fingerprint density at radius 1 is 1.33 bits per heavy atom. The van der Waals surface area contributed by atoms with Crippen molar-refractivity contribution in [3.05, 3.63) is 0 Å². The molecule has 1 rings (SSSR count). The number of halogens is 1. The van der Waals surface area contributed by atoms with Crippen molar-refractivity contribution in [2.24, 2.45) is 0 Å². The van der Waals surface area contributed by atoms with Crippen LogP contribution >= 0.6 is 0 Å². The summed E-state index contributed by atoms with van der Waals surface area (Å²) in [5.41, 5.74) is 0. The first-order valence-corrected chi connectivity index (χ1v) is 4.43. The topological polar surface area (TPSA) is 0 Å². The van der Waals surface area contributed by atoms with Gasteiger partial charge in [-0.25, -0.2) is 0 Å². The molecule has 0 atom stereocenters. The molecule has 0 bridgehead atoms. The van der Waals surface area contributed by atoms with E-state index in [9.17, 15) is 0 Å². The highest BCUT2D eigenvalue weighted by molar-refractivity contribution is 4.84. The van der Waals surface area contributed by atoms with E-state index in [0.29, 0.717) is 0 Å². The van der Waals surface area contributed by atoms with Crippen molar-refractivity contribution >= 4 is 0 Å². The van der Waals surface area contributed by atoms with Crippen LogP contribution in [0.15, 0.2) is 0 Å². The van der Waals surface area contributed by atoms with Crippen molar-refractivity contribution in [1.82, 2.24) is 0 Å². The van der Waals surface area contributed by atoms with E-state index in [0.717, 1.165) is 17.1 Å². The lowest BCUT2D eigenvalue weighted by molar-refractivity contribution is -0.907. The second kappa shape index (κ2) is 4.74. The molecule has 70 valence electrons. The van der Waals surface area contributed by atoms with Gasteiger partial charge in [0.15, 0.2) is 0 Å². The molecule has 12 heavy (non-hydrogen) atoms. The molecule has 1 fully saturated rings. The summed E-state index contributed by atoms with van der Waals surface area (Å²) in [6.45, 7) is 0.880. The second-order valence-electron chi connectivity index (χ2n) is 4.08. The molecule has 0 unspecified atom stereocenters. The van der Waals surface area contributed by atoms with Crippen molar-refractivity contribution in [3.63, 3.8) is 0 Å². The van der Waals surface area contributed by atoms with E-state index in [4.69, 9.17) is 6.42 Å². The van der Waals surface area contributed by atoms with Crippen LogP contribution in [0.3, 0.4) is 0 Å². The zero-order valence-corrected chi connectivity index (χ0v) is 8.77. The Labute approximate surface area is 82.1 Å². The van der Waals surface area contributed by atoms with Crippen LogP contribution < -0.4 is 12.4 Å². The van der Waals surface area contributed by atoms with Gasteiger partial charge < -0.3 is 16.9 Å². The molecule has 0 heterocycles. The van der Waals surface area contributed by atoms with E-state index in [1.807, 2.05) is 0 Å². The predicted octanol–water partition coefficient (Wildman–Crippen LogP) is -1.36. The average molecular weight is 188 g/mol. The van der Waals surface area contributed by atoms with Crippen LogP contribution in [0.5, 0.6) is 0 Å². The van der Waals surface area contributed by atoms with Crippen molar-refractivity contribution in [1.29, 1.82) is 0 Å². The zero-order valence-electron chi connectivity index (χ0n) is 8.02. The largest absolute Gasteiger partial charge is 1.00 e. The number of hydrogen-bond acceptors (Lipinski definition) is 0. The number of quaternary nitrogens is 1. The summed E-state index contributed by atoms with van der Waals surface area (Å²) < 4.78 is 1.02. The van der Waals surface area contributed by atoms with Gasteiger partial charge >= 0.3 is 0 Å². The standard InChI is InChI=1S/C10H18N.ClH/c1-4-9-11(2,3)10-7-5-6-8-10;/h1,10H,5-9H2,2-3H3;1H/q+1;/p-1. The molecule has 0 aromatic rings. The maximum atomic E-state index is 5.32. The van der Waals surface area contributed by atoms with Crippen molar-refractivity contribution in [2.45, 2.75) is 31.7 Å². The zero-order chi connectivity index (χ0) is 8.32. The van der Waals surface area contributed by atoms with Crippen LogP contribution in [0.4, 0.5) is 0 Å².